The van der Waals surface area contributed by atoms with Gasteiger partial charge < -0.3 is 9.67 Å². The molecule has 120 valence electrons. The zero-order chi connectivity index (χ0) is 16.4. The van der Waals surface area contributed by atoms with E-state index < -0.39 is 16.1 Å². The molecule has 0 fully saturated rings. The molecule has 1 unspecified atom stereocenters. The van der Waals surface area contributed by atoms with Crippen LogP contribution in [0, 0.1) is 0 Å². The summed E-state index contributed by atoms with van der Waals surface area (Å²) in [5.41, 5.74) is 0.658. The molecule has 2 N–H and O–H groups in total. The third kappa shape index (κ3) is 3.14. The number of aryl methyl sites for hydroxylation is 1. The minimum absolute atomic E-state index is 0.0800. The van der Waals surface area contributed by atoms with Crippen molar-refractivity contribution in [1.29, 1.82) is 0 Å². The van der Waals surface area contributed by atoms with Crippen LogP contribution in [0.1, 0.15) is 11.8 Å². The van der Waals surface area contributed by atoms with Gasteiger partial charge in [-0.15, -0.1) is 0 Å². The Morgan fingerprint density at radius 3 is 2.57 bits per heavy atom. The predicted octanol–water partition coefficient (Wildman–Crippen LogP) is 2.19. The van der Waals surface area contributed by atoms with Crippen LogP contribution in [-0.2, 0) is 17.1 Å². The fraction of sp³-hybridized carbons (Fsp3) is 0.176. The Balaban J connectivity index is 1.85. The van der Waals surface area contributed by atoms with E-state index in [1.165, 1.54) is 0 Å². The second kappa shape index (κ2) is 6.16. The number of aliphatic hydroxyl groups is 1. The number of nitrogens with one attached hydrogen (secondary N) is 1. The molecule has 0 aliphatic carbocycles. The lowest BCUT2D eigenvalue weighted by Crippen LogP contribution is -2.29. The van der Waals surface area contributed by atoms with E-state index in [1.807, 2.05) is 18.2 Å². The van der Waals surface area contributed by atoms with Gasteiger partial charge >= 0.3 is 0 Å². The summed E-state index contributed by atoms with van der Waals surface area (Å²) >= 11 is 0. The largest absolute Gasteiger partial charge is 0.386 e. The van der Waals surface area contributed by atoms with E-state index in [0.717, 1.165) is 5.39 Å². The average molecular weight is 330 g/mol. The Bertz CT molecular complexity index is 926. The van der Waals surface area contributed by atoms with E-state index >= 15 is 0 Å². The van der Waals surface area contributed by atoms with Crippen molar-refractivity contribution >= 4 is 20.8 Å². The molecule has 5 nitrogen and oxygen atoms in total. The highest BCUT2D eigenvalue weighted by molar-refractivity contribution is 7.89. The summed E-state index contributed by atoms with van der Waals surface area (Å²) in [7, 11) is -1.90. The van der Waals surface area contributed by atoms with E-state index in [0.29, 0.717) is 11.1 Å². The third-order valence-electron chi connectivity index (χ3n) is 3.83. The van der Waals surface area contributed by atoms with Crippen molar-refractivity contribution in [1.82, 2.24) is 9.29 Å². The van der Waals surface area contributed by atoms with Crippen molar-refractivity contribution in [3.8, 4) is 0 Å². The first-order chi connectivity index (χ1) is 11.0. The second-order valence-electron chi connectivity index (χ2n) is 5.39. The number of aliphatic hydroxyl groups excluding tert-OH is 1. The quantitative estimate of drug-likeness (QED) is 0.753. The highest BCUT2D eigenvalue weighted by atomic mass is 32.2. The smallest absolute Gasteiger partial charge is 0.241 e. The summed E-state index contributed by atoms with van der Waals surface area (Å²) in [4.78, 5) is 0.217. The van der Waals surface area contributed by atoms with Gasteiger partial charge in [-0.25, -0.2) is 13.1 Å². The van der Waals surface area contributed by atoms with E-state index in [4.69, 9.17) is 0 Å². The van der Waals surface area contributed by atoms with Crippen LogP contribution in [0.3, 0.4) is 0 Å². The predicted molar refractivity (Wildman–Crippen MR) is 89.5 cm³/mol. The summed E-state index contributed by atoms with van der Waals surface area (Å²) in [5.74, 6) is 0. The molecular weight excluding hydrogens is 312 g/mol. The van der Waals surface area contributed by atoms with Crippen LogP contribution >= 0.6 is 0 Å². The molecule has 6 heteroatoms. The summed E-state index contributed by atoms with van der Waals surface area (Å²) in [6, 6.07) is 16.0. The standard InChI is InChI=1S/C17H18N2O3S/c1-19-11-5-9-15(19)16(20)12-18-23(21,22)17-10-4-7-13-6-2-3-8-14(13)17/h2-11,16,18,20H,12H2,1H3. The fourth-order valence-corrected chi connectivity index (χ4v) is 3.89. The molecule has 23 heavy (non-hydrogen) atoms. The first-order valence-electron chi connectivity index (χ1n) is 7.26. The van der Waals surface area contributed by atoms with E-state index in [1.54, 1.807) is 54.2 Å². The van der Waals surface area contributed by atoms with Gasteiger partial charge in [-0.2, -0.15) is 0 Å². The highest BCUT2D eigenvalue weighted by Gasteiger charge is 2.19. The first-order valence-corrected chi connectivity index (χ1v) is 8.74. The molecule has 0 spiro atoms. The van der Waals surface area contributed by atoms with Crippen LogP contribution in [0.25, 0.3) is 10.8 Å². The topological polar surface area (TPSA) is 71.3 Å². The Morgan fingerprint density at radius 2 is 1.83 bits per heavy atom. The van der Waals surface area contributed by atoms with Crippen LogP contribution < -0.4 is 4.72 Å². The molecule has 0 saturated carbocycles. The van der Waals surface area contributed by atoms with Crippen LogP contribution in [-0.4, -0.2) is 24.6 Å². The van der Waals surface area contributed by atoms with Crippen molar-refractivity contribution in [2.24, 2.45) is 7.05 Å². The molecule has 3 rings (SSSR count). The van der Waals surface area contributed by atoms with Crippen molar-refractivity contribution < 1.29 is 13.5 Å². The number of nitrogens with zero attached hydrogens (tertiary/aromatic N) is 1. The molecule has 2 aromatic carbocycles. The van der Waals surface area contributed by atoms with Gasteiger partial charge in [0.1, 0.15) is 6.10 Å². The molecule has 0 amide bonds. The Hall–Kier alpha value is -2.15. The molecule has 0 saturated heterocycles. The van der Waals surface area contributed by atoms with Gasteiger partial charge in [0.05, 0.1) is 4.90 Å². The number of sulfonamides is 1. The number of fused-ring (bicyclic) bond motifs is 1. The zero-order valence-corrected chi connectivity index (χ0v) is 13.5. The molecule has 1 atom stereocenters. The molecular formula is C17H18N2O3S. The fourth-order valence-electron chi connectivity index (χ4n) is 2.62. The van der Waals surface area contributed by atoms with Gasteiger partial charge in [0.2, 0.25) is 10.0 Å². The minimum atomic E-state index is -3.71. The maximum absolute atomic E-state index is 12.6. The van der Waals surface area contributed by atoms with Gasteiger partial charge in [0, 0.05) is 30.9 Å². The average Bonchev–Trinajstić information content (AvgIpc) is 2.98. The lowest BCUT2D eigenvalue weighted by atomic mass is 10.1. The summed E-state index contributed by atoms with van der Waals surface area (Å²) in [5, 5.41) is 11.7. The third-order valence-corrected chi connectivity index (χ3v) is 5.31. The Morgan fingerprint density at radius 1 is 1.09 bits per heavy atom. The van der Waals surface area contributed by atoms with Gasteiger partial charge in [0.15, 0.2) is 0 Å². The van der Waals surface area contributed by atoms with Crippen molar-refractivity contribution in [3.05, 3.63) is 66.5 Å². The van der Waals surface area contributed by atoms with Crippen LogP contribution in [0.15, 0.2) is 65.7 Å². The highest BCUT2D eigenvalue weighted by Crippen LogP contribution is 2.23. The van der Waals surface area contributed by atoms with Crippen LogP contribution in [0.4, 0.5) is 0 Å². The van der Waals surface area contributed by atoms with Crippen molar-refractivity contribution in [2.45, 2.75) is 11.0 Å². The SMILES string of the molecule is Cn1cccc1C(O)CNS(=O)(=O)c1cccc2ccccc12. The summed E-state index contributed by atoms with van der Waals surface area (Å²) in [6.45, 7) is -0.0800. The summed E-state index contributed by atoms with van der Waals surface area (Å²) in [6.07, 6.45) is 0.900. The molecule has 1 heterocycles. The second-order valence-corrected chi connectivity index (χ2v) is 7.12. The van der Waals surface area contributed by atoms with Gasteiger partial charge in [0.25, 0.3) is 0 Å². The molecule has 0 bridgehead atoms. The monoisotopic (exact) mass is 330 g/mol. The molecule has 1 aromatic heterocycles. The van der Waals surface area contributed by atoms with Gasteiger partial charge in [-0.05, 0) is 23.6 Å². The number of benzene rings is 2. The van der Waals surface area contributed by atoms with E-state index in [9.17, 15) is 13.5 Å². The zero-order valence-electron chi connectivity index (χ0n) is 12.7. The number of hydrogen-bond acceptors (Lipinski definition) is 3. The van der Waals surface area contributed by atoms with Crippen molar-refractivity contribution in [3.63, 3.8) is 0 Å². The van der Waals surface area contributed by atoms with E-state index in [2.05, 4.69) is 4.72 Å². The molecule has 0 radical (unpaired) electrons. The van der Waals surface area contributed by atoms with Gasteiger partial charge in [-0.3, -0.25) is 0 Å². The maximum atomic E-state index is 12.6. The Labute approximate surface area is 135 Å². The molecule has 0 aliphatic heterocycles. The molecule has 3 aromatic rings. The first kappa shape index (κ1) is 15.7. The minimum Gasteiger partial charge on any atom is -0.386 e. The lowest BCUT2D eigenvalue weighted by molar-refractivity contribution is 0.173. The lowest BCUT2D eigenvalue weighted by Gasteiger charge is -2.14. The number of aromatic nitrogens is 1. The number of hydrogen-bond donors (Lipinski definition) is 2. The summed E-state index contributed by atoms with van der Waals surface area (Å²) < 4.78 is 29.4. The van der Waals surface area contributed by atoms with Crippen molar-refractivity contribution in [2.75, 3.05) is 6.54 Å². The van der Waals surface area contributed by atoms with E-state index in [-0.39, 0.29) is 11.4 Å². The van der Waals surface area contributed by atoms with Crippen LogP contribution in [0.5, 0.6) is 0 Å². The molecule has 0 aliphatic rings. The van der Waals surface area contributed by atoms with Crippen LogP contribution in [0.2, 0.25) is 0 Å². The van der Waals surface area contributed by atoms with Gasteiger partial charge in [-0.1, -0.05) is 36.4 Å². The Kier molecular flexibility index (Phi) is 4.21. The normalized spacial score (nSPS) is 13.3. The maximum Gasteiger partial charge on any atom is 0.241 e. The number of rotatable bonds is 5.